The third kappa shape index (κ3) is 16.2. The summed E-state index contributed by atoms with van der Waals surface area (Å²) in [6, 6.07) is 1.93. The Kier molecular flexibility index (Phi) is 21.1. The van der Waals surface area contributed by atoms with Crippen molar-refractivity contribution in [3.05, 3.63) is 39.8 Å². The number of phenols is 1. The quantitative estimate of drug-likeness (QED) is 0.0325. The molecule has 65 heavy (non-hydrogen) atoms. The number of aliphatic carboxylic acids is 1. The van der Waals surface area contributed by atoms with Gasteiger partial charge in [-0.1, -0.05) is 53.0 Å². The molecule has 0 aliphatic carbocycles. The number of ether oxygens (including phenoxy) is 1. The van der Waals surface area contributed by atoms with Crippen molar-refractivity contribution in [2.75, 3.05) is 26.5 Å². The van der Waals surface area contributed by atoms with E-state index in [1.807, 2.05) is 33.6 Å². The van der Waals surface area contributed by atoms with Gasteiger partial charge in [0.2, 0.25) is 11.8 Å². The van der Waals surface area contributed by atoms with Crippen molar-refractivity contribution >= 4 is 58.5 Å². The Morgan fingerprint density at radius 3 is 2.17 bits per heavy atom. The van der Waals surface area contributed by atoms with Crippen LogP contribution in [0.2, 0.25) is 0 Å². The molecule has 0 aliphatic rings. The number of thiazole rings is 1. The molecule has 0 spiro atoms. The predicted octanol–water partition coefficient (Wildman–Crippen LogP) is 2.20. The number of aliphatic hydroxyl groups excluding tert-OH is 1. The topological polar surface area (TPSA) is 269 Å². The van der Waals surface area contributed by atoms with Gasteiger partial charge in [-0.15, -0.1) is 24.2 Å². The molecule has 0 radical (unpaired) electrons. The Morgan fingerprint density at radius 1 is 0.985 bits per heavy atom. The number of phenolic OH excluding ortho intramolecular Hbond substituents is 1. The van der Waals surface area contributed by atoms with Crippen LogP contribution < -0.4 is 26.6 Å². The number of nitrogens with one attached hydrogen (secondary N) is 5. The van der Waals surface area contributed by atoms with Crippen molar-refractivity contribution < 1.29 is 53.6 Å². The number of rotatable bonds is 24. The zero-order chi connectivity index (χ0) is 49.5. The molecule has 1 heterocycles. The largest absolute Gasteiger partial charge is 0.506 e. The summed E-state index contributed by atoms with van der Waals surface area (Å²) in [6.07, 6.45) is 6.69. The molecular formula is C45H64N8O11S. The number of carbonyl (C=O) groups excluding carboxylic acids is 6. The highest BCUT2D eigenvalue weighted by molar-refractivity contribution is 7.09. The Morgan fingerprint density at radius 2 is 1.63 bits per heavy atom. The number of aromatic hydroxyl groups is 1. The monoisotopic (exact) mass is 924 g/mol. The summed E-state index contributed by atoms with van der Waals surface area (Å²) in [5.41, 5.74) is -0.653. The van der Waals surface area contributed by atoms with Crippen LogP contribution in [0.4, 0.5) is 5.69 Å². The highest BCUT2D eigenvalue weighted by Gasteiger charge is 2.39. The summed E-state index contributed by atoms with van der Waals surface area (Å²) in [5.74, 6) is -2.99. The van der Waals surface area contributed by atoms with E-state index in [4.69, 9.17) is 17.6 Å². The molecule has 0 aliphatic heterocycles. The summed E-state index contributed by atoms with van der Waals surface area (Å²) >= 11 is 1.06. The van der Waals surface area contributed by atoms with Crippen LogP contribution in [0.25, 0.3) is 0 Å². The first kappa shape index (κ1) is 55.1. The zero-order valence-corrected chi connectivity index (χ0v) is 39.7. The van der Waals surface area contributed by atoms with Crippen LogP contribution in [0.5, 0.6) is 5.75 Å². The molecule has 1 aromatic heterocycles. The number of benzene rings is 1. The van der Waals surface area contributed by atoms with Crippen LogP contribution in [0.15, 0.2) is 23.6 Å². The van der Waals surface area contributed by atoms with E-state index < -0.39 is 77.7 Å². The van der Waals surface area contributed by atoms with Crippen molar-refractivity contribution in [2.24, 2.45) is 17.8 Å². The number of aliphatic hydroxyl groups is 1. The van der Waals surface area contributed by atoms with Crippen LogP contribution >= 0.6 is 11.3 Å². The first-order valence-corrected chi connectivity index (χ1v) is 21.9. The maximum atomic E-state index is 14.2. The summed E-state index contributed by atoms with van der Waals surface area (Å²) in [5, 5.41) is 44.6. The molecule has 0 bridgehead atoms. The van der Waals surface area contributed by atoms with Gasteiger partial charge >= 0.3 is 11.9 Å². The van der Waals surface area contributed by atoms with E-state index >= 15 is 0 Å². The fraction of sp³-hybridized carbons (Fsp3) is 0.556. The minimum Gasteiger partial charge on any atom is -0.506 e. The van der Waals surface area contributed by atoms with Crippen molar-refractivity contribution in [3.63, 3.8) is 0 Å². The van der Waals surface area contributed by atoms with Crippen molar-refractivity contribution in [1.29, 1.82) is 0 Å². The number of nitrogens with zero attached hydrogens (tertiary/aromatic N) is 3. The van der Waals surface area contributed by atoms with Crippen molar-refractivity contribution in [1.82, 2.24) is 36.1 Å². The smallest absolute Gasteiger partial charge is 0.306 e. The first-order valence-electron chi connectivity index (χ1n) is 21.0. The minimum absolute atomic E-state index is 0.00601. The van der Waals surface area contributed by atoms with Gasteiger partial charge in [0.15, 0.2) is 18.5 Å². The van der Waals surface area contributed by atoms with Gasteiger partial charge in [-0.2, -0.15) is 0 Å². The van der Waals surface area contributed by atoms with Gasteiger partial charge in [-0.05, 0) is 76.2 Å². The number of aromatic nitrogens is 1. The number of carboxylic acid groups (broad SMARTS) is 1. The maximum Gasteiger partial charge on any atom is 0.306 e. The second kappa shape index (κ2) is 24.9. The van der Waals surface area contributed by atoms with E-state index in [9.17, 15) is 48.9 Å². The fourth-order valence-electron chi connectivity index (χ4n) is 6.46. The van der Waals surface area contributed by atoms with Crippen LogP contribution in [0.1, 0.15) is 102 Å². The normalized spacial score (nSPS) is 15.1. The molecule has 8 atom stereocenters. The van der Waals surface area contributed by atoms with Gasteiger partial charge < -0.3 is 46.2 Å². The third-order valence-corrected chi connectivity index (χ3v) is 12.1. The Bertz CT molecular complexity index is 2110. The lowest BCUT2D eigenvalue weighted by molar-refractivity contribution is -0.149. The second-order valence-electron chi connectivity index (χ2n) is 16.9. The van der Waals surface area contributed by atoms with Gasteiger partial charge in [0, 0.05) is 37.9 Å². The van der Waals surface area contributed by atoms with Gasteiger partial charge in [-0.3, -0.25) is 43.8 Å². The fourth-order valence-corrected chi connectivity index (χ4v) is 7.30. The van der Waals surface area contributed by atoms with Gasteiger partial charge in [0.05, 0.1) is 17.1 Å². The summed E-state index contributed by atoms with van der Waals surface area (Å²) in [7, 11) is 5.20. The van der Waals surface area contributed by atoms with Gasteiger partial charge in [0.25, 0.3) is 17.7 Å². The van der Waals surface area contributed by atoms with E-state index in [1.54, 1.807) is 50.7 Å². The van der Waals surface area contributed by atoms with E-state index in [2.05, 4.69) is 31.6 Å². The number of terminal acetylenes is 2. The predicted molar refractivity (Wildman–Crippen MR) is 244 cm³/mol. The average Bonchev–Trinajstić information content (AvgIpc) is 3.74. The molecule has 0 saturated heterocycles. The van der Waals surface area contributed by atoms with Crippen LogP contribution in [-0.4, -0.2) is 129 Å². The number of hydrogen-bond donors (Lipinski definition) is 8. The van der Waals surface area contributed by atoms with Gasteiger partial charge in [0.1, 0.15) is 22.5 Å². The summed E-state index contributed by atoms with van der Waals surface area (Å²) < 4.78 is 5.75. The molecule has 8 N–H and O–H groups in total. The van der Waals surface area contributed by atoms with E-state index in [-0.39, 0.29) is 65.1 Å². The molecule has 0 saturated carbocycles. The lowest BCUT2D eigenvalue weighted by atomic mass is 9.92. The zero-order valence-electron chi connectivity index (χ0n) is 38.8. The molecule has 20 heteroatoms. The lowest BCUT2D eigenvalue weighted by Gasteiger charge is -2.38. The highest BCUT2D eigenvalue weighted by atomic mass is 32.1. The number of hydrogen-bond acceptors (Lipinski definition) is 14. The van der Waals surface area contributed by atoms with Crippen molar-refractivity contribution in [2.45, 2.75) is 123 Å². The molecule has 0 fully saturated rings. The molecule has 356 valence electrons. The SMILES string of the molecule is C#CC(=O)NC(NC(O)C#C)C(=O)Nc1cc(C[C@@H](CC(C)C(=O)O)NC(=O)c2csc([C@@H](C[C@H](C(C)C)N(C)C(=O)[C@@H](NC(=O)C(C)(C)N(C)C)[C@@H](C)CC)OC(C)=O)n2)ccc1O. The van der Waals surface area contributed by atoms with Gasteiger partial charge in [-0.25, -0.2) is 4.98 Å². The summed E-state index contributed by atoms with van der Waals surface area (Å²) in [4.78, 5) is 98.7. The molecule has 5 amide bonds. The maximum absolute atomic E-state index is 14.2. The highest BCUT2D eigenvalue weighted by Crippen LogP contribution is 2.32. The lowest BCUT2D eigenvalue weighted by Crippen LogP contribution is -2.60. The standard InChI is InChI=1S/C45H64N8O11S/c1-14-25(6)37(51-44(63)45(9,10)52(11)12)42(60)53(13)32(24(4)5)22-34(64-27(8)54)41-48-31(23-65-41)39(58)46-29(19-26(7)43(61)62)20-28-17-18-33(55)30(21-28)47-40(59)38(49-35(56)15-2)50-36(57)16-3/h2-3,17-18,21,23-26,29,32,34-35,37-38,49,55-56H,14,19-20,22H2,1,4-13H3,(H,46,58)(H,47,59)(H,50,57)(H,51,63)(H,61,62)/t25-,26?,29+,32+,34+,35?,37-,38?/m0/s1. The number of anilines is 1. The second-order valence-corrected chi connectivity index (χ2v) is 17.8. The van der Waals surface area contributed by atoms with E-state index in [0.29, 0.717) is 12.0 Å². The van der Waals surface area contributed by atoms with Crippen LogP contribution in [0.3, 0.4) is 0 Å². The Balaban J connectivity index is 2.43. The molecule has 2 rings (SSSR count). The van der Waals surface area contributed by atoms with Crippen molar-refractivity contribution in [3.8, 4) is 30.4 Å². The number of esters is 1. The van der Waals surface area contributed by atoms with E-state index in [0.717, 1.165) is 11.3 Å². The van der Waals surface area contributed by atoms with Crippen LogP contribution in [-0.2, 0) is 39.9 Å². The number of carbonyl (C=O) groups is 7. The molecule has 1 aromatic carbocycles. The number of likely N-dealkylation sites (N-methyl/N-ethyl adjacent to an activating group) is 2. The summed E-state index contributed by atoms with van der Waals surface area (Å²) in [6.45, 7) is 13.9. The molecular weight excluding hydrogens is 861 g/mol. The minimum atomic E-state index is -1.66. The number of amides is 5. The third-order valence-electron chi connectivity index (χ3n) is 11.2. The molecule has 2 aromatic rings. The van der Waals surface area contributed by atoms with Crippen LogP contribution in [0, 0.1) is 42.4 Å². The number of carboxylic acids is 1. The Labute approximate surface area is 384 Å². The van der Waals surface area contributed by atoms with E-state index in [1.165, 1.54) is 37.4 Å². The average molecular weight is 925 g/mol. The first-order chi connectivity index (χ1) is 30.3. The Hall–Kier alpha value is -6.06. The molecule has 3 unspecified atom stereocenters. The molecule has 19 nitrogen and oxygen atoms in total.